The van der Waals surface area contributed by atoms with Crippen molar-refractivity contribution in [3.8, 4) is 5.75 Å². The van der Waals surface area contributed by atoms with Crippen molar-refractivity contribution in [3.05, 3.63) is 28.8 Å². The summed E-state index contributed by atoms with van der Waals surface area (Å²) in [6.45, 7) is 5.93. The number of rotatable bonds is 6. The number of nitrogens with one attached hydrogen (secondary N) is 2. The molecular weight excluding hydrogens is 326 g/mol. The van der Waals surface area contributed by atoms with Crippen LogP contribution in [0.1, 0.15) is 45.1 Å². The average Bonchev–Trinajstić information content (AvgIpc) is 2.56. The van der Waals surface area contributed by atoms with Gasteiger partial charge in [-0.05, 0) is 51.7 Å². The Labute approximate surface area is 149 Å². The van der Waals surface area contributed by atoms with Crippen LogP contribution in [-0.4, -0.2) is 36.4 Å². The highest BCUT2D eigenvalue weighted by atomic mass is 35.5. The number of hydrogen-bond donors (Lipinski definition) is 3. The topological polar surface area (TPSA) is 65.9 Å². The van der Waals surface area contributed by atoms with Crippen LogP contribution in [0.25, 0.3) is 0 Å². The Hall–Kier alpha value is -1.46. The standard InChI is InChI=1S/C18H28ClN3O2/c1-3-20-18(22-15-7-9-16(23)10-8-15)21-12-13-5-6-14(19)11-17(13)24-4-2/h5-6,11,15-16,23H,3-4,7-10,12H2,1-2H3,(H2,20,21,22). The van der Waals surface area contributed by atoms with E-state index in [1.165, 1.54) is 0 Å². The molecule has 0 aromatic heterocycles. The van der Waals surface area contributed by atoms with Crippen LogP contribution in [0.3, 0.4) is 0 Å². The number of halogens is 1. The lowest BCUT2D eigenvalue weighted by molar-refractivity contribution is 0.120. The third kappa shape index (κ3) is 5.87. The fourth-order valence-corrected chi connectivity index (χ4v) is 3.01. The molecule has 0 saturated heterocycles. The van der Waals surface area contributed by atoms with Gasteiger partial charge in [0.15, 0.2) is 5.96 Å². The van der Waals surface area contributed by atoms with Crippen molar-refractivity contribution >= 4 is 17.6 Å². The van der Waals surface area contributed by atoms with Gasteiger partial charge in [0.2, 0.25) is 0 Å². The third-order valence-corrected chi connectivity index (χ3v) is 4.35. The van der Waals surface area contributed by atoms with E-state index < -0.39 is 0 Å². The summed E-state index contributed by atoms with van der Waals surface area (Å²) >= 11 is 6.04. The second-order valence-corrected chi connectivity index (χ2v) is 6.47. The predicted octanol–water partition coefficient (Wildman–Crippen LogP) is 3.10. The van der Waals surface area contributed by atoms with Gasteiger partial charge in [-0.2, -0.15) is 0 Å². The van der Waals surface area contributed by atoms with Crippen molar-refractivity contribution < 1.29 is 9.84 Å². The molecule has 2 rings (SSSR count). The molecule has 3 N–H and O–H groups in total. The van der Waals surface area contributed by atoms with Crippen LogP contribution < -0.4 is 15.4 Å². The fraction of sp³-hybridized carbons (Fsp3) is 0.611. The summed E-state index contributed by atoms with van der Waals surface area (Å²) in [6, 6.07) is 6.01. The lowest BCUT2D eigenvalue weighted by Crippen LogP contribution is -2.45. The maximum atomic E-state index is 9.62. The van der Waals surface area contributed by atoms with Gasteiger partial charge in [-0.25, -0.2) is 4.99 Å². The second kappa shape index (κ2) is 9.74. The highest BCUT2D eigenvalue weighted by Gasteiger charge is 2.20. The molecular formula is C18H28ClN3O2. The van der Waals surface area contributed by atoms with E-state index >= 15 is 0 Å². The van der Waals surface area contributed by atoms with Gasteiger partial charge in [0.25, 0.3) is 0 Å². The van der Waals surface area contributed by atoms with Crippen LogP contribution in [0.2, 0.25) is 5.02 Å². The third-order valence-electron chi connectivity index (χ3n) is 4.12. The van der Waals surface area contributed by atoms with E-state index in [9.17, 15) is 5.11 Å². The van der Waals surface area contributed by atoms with Crippen molar-refractivity contribution in [1.29, 1.82) is 0 Å². The van der Waals surface area contributed by atoms with Gasteiger partial charge in [-0.3, -0.25) is 0 Å². The van der Waals surface area contributed by atoms with Crippen LogP contribution in [0, 0.1) is 0 Å². The van der Waals surface area contributed by atoms with Gasteiger partial charge in [0.05, 0.1) is 19.3 Å². The minimum Gasteiger partial charge on any atom is -0.493 e. The molecule has 1 aromatic carbocycles. The highest BCUT2D eigenvalue weighted by molar-refractivity contribution is 6.30. The molecule has 1 aliphatic carbocycles. The quantitative estimate of drug-likeness (QED) is 0.543. The van der Waals surface area contributed by atoms with Gasteiger partial charge in [0.1, 0.15) is 5.75 Å². The molecule has 0 bridgehead atoms. The van der Waals surface area contributed by atoms with Crippen LogP contribution in [-0.2, 0) is 6.54 Å². The van der Waals surface area contributed by atoms with Crippen molar-refractivity contribution in [2.24, 2.45) is 4.99 Å². The van der Waals surface area contributed by atoms with Gasteiger partial charge < -0.3 is 20.5 Å². The van der Waals surface area contributed by atoms with Gasteiger partial charge in [-0.15, -0.1) is 0 Å². The molecule has 0 radical (unpaired) electrons. The monoisotopic (exact) mass is 353 g/mol. The molecule has 134 valence electrons. The van der Waals surface area contributed by atoms with Crippen LogP contribution in [0.15, 0.2) is 23.2 Å². The molecule has 0 heterocycles. The summed E-state index contributed by atoms with van der Waals surface area (Å²) < 4.78 is 5.65. The molecule has 0 amide bonds. The first-order chi connectivity index (χ1) is 11.6. The zero-order chi connectivity index (χ0) is 17.4. The molecule has 0 aliphatic heterocycles. The summed E-state index contributed by atoms with van der Waals surface area (Å²) in [5.74, 6) is 1.58. The lowest BCUT2D eigenvalue weighted by atomic mass is 9.93. The zero-order valence-corrected chi connectivity index (χ0v) is 15.3. The number of aliphatic hydroxyl groups excluding tert-OH is 1. The molecule has 1 fully saturated rings. The number of aliphatic hydroxyl groups is 1. The van der Waals surface area contributed by atoms with Crippen molar-refractivity contribution in [2.75, 3.05) is 13.2 Å². The Morgan fingerprint density at radius 2 is 2.04 bits per heavy atom. The number of guanidine groups is 1. The Bertz CT molecular complexity index is 543. The minimum atomic E-state index is -0.148. The highest BCUT2D eigenvalue weighted by Crippen LogP contribution is 2.24. The Morgan fingerprint density at radius 3 is 2.71 bits per heavy atom. The molecule has 0 atom stereocenters. The van der Waals surface area contributed by atoms with Crippen LogP contribution >= 0.6 is 11.6 Å². The van der Waals surface area contributed by atoms with Gasteiger partial charge in [0, 0.05) is 23.2 Å². The number of benzene rings is 1. The second-order valence-electron chi connectivity index (χ2n) is 6.03. The minimum absolute atomic E-state index is 0.148. The number of nitrogens with zero attached hydrogens (tertiary/aromatic N) is 1. The summed E-state index contributed by atoms with van der Waals surface area (Å²) in [5, 5.41) is 17.0. The number of aliphatic imine (C=N–C) groups is 1. The fourth-order valence-electron chi connectivity index (χ4n) is 2.85. The molecule has 1 saturated carbocycles. The van der Waals surface area contributed by atoms with E-state index in [0.717, 1.165) is 49.5 Å². The zero-order valence-electron chi connectivity index (χ0n) is 14.5. The van der Waals surface area contributed by atoms with E-state index in [4.69, 9.17) is 16.3 Å². The maximum absolute atomic E-state index is 9.62. The molecule has 0 unspecified atom stereocenters. The summed E-state index contributed by atoms with van der Waals surface area (Å²) in [7, 11) is 0. The Kier molecular flexibility index (Phi) is 7.66. The molecule has 24 heavy (non-hydrogen) atoms. The molecule has 6 heteroatoms. The molecule has 1 aliphatic rings. The lowest BCUT2D eigenvalue weighted by Gasteiger charge is -2.27. The molecule has 0 spiro atoms. The van der Waals surface area contributed by atoms with E-state index in [-0.39, 0.29) is 6.10 Å². The first-order valence-electron chi connectivity index (χ1n) is 8.76. The summed E-state index contributed by atoms with van der Waals surface area (Å²) in [4.78, 5) is 4.68. The Morgan fingerprint density at radius 1 is 1.29 bits per heavy atom. The van der Waals surface area contributed by atoms with E-state index in [2.05, 4.69) is 22.5 Å². The Balaban J connectivity index is 2.02. The van der Waals surface area contributed by atoms with Crippen molar-refractivity contribution in [2.45, 2.75) is 58.2 Å². The van der Waals surface area contributed by atoms with Gasteiger partial charge >= 0.3 is 0 Å². The molecule has 5 nitrogen and oxygen atoms in total. The molecule has 1 aromatic rings. The predicted molar refractivity (Wildman–Crippen MR) is 98.8 cm³/mol. The first-order valence-corrected chi connectivity index (χ1v) is 9.14. The smallest absolute Gasteiger partial charge is 0.191 e. The summed E-state index contributed by atoms with van der Waals surface area (Å²) in [5.41, 5.74) is 1.01. The summed E-state index contributed by atoms with van der Waals surface area (Å²) in [6.07, 6.45) is 3.49. The van der Waals surface area contributed by atoms with E-state index in [1.807, 2.05) is 25.1 Å². The van der Waals surface area contributed by atoms with Crippen LogP contribution in [0.5, 0.6) is 5.75 Å². The average molecular weight is 354 g/mol. The number of hydrogen-bond acceptors (Lipinski definition) is 3. The van der Waals surface area contributed by atoms with Crippen LogP contribution in [0.4, 0.5) is 0 Å². The normalized spacial score (nSPS) is 21.4. The first kappa shape index (κ1) is 18.9. The van der Waals surface area contributed by atoms with Crippen molar-refractivity contribution in [3.63, 3.8) is 0 Å². The van der Waals surface area contributed by atoms with Crippen molar-refractivity contribution in [1.82, 2.24) is 10.6 Å². The van der Waals surface area contributed by atoms with E-state index in [1.54, 1.807) is 0 Å². The van der Waals surface area contributed by atoms with Gasteiger partial charge in [-0.1, -0.05) is 17.7 Å². The van der Waals surface area contributed by atoms with E-state index in [0.29, 0.717) is 24.2 Å². The largest absolute Gasteiger partial charge is 0.493 e. The SMILES string of the molecule is CCNC(=NCc1ccc(Cl)cc1OCC)NC1CCC(O)CC1. The maximum Gasteiger partial charge on any atom is 0.191 e. The number of ether oxygens (including phenoxy) is 1.